The summed E-state index contributed by atoms with van der Waals surface area (Å²) in [5.41, 5.74) is 1.30. The molecular formula is C14H14N2O3. The fourth-order valence-corrected chi connectivity index (χ4v) is 2.31. The summed E-state index contributed by atoms with van der Waals surface area (Å²) in [6.45, 7) is 0.224. The number of carbonyl (C=O) groups is 2. The Balaban J connectivity index is 1.70. The van der Waals surface area contributed by atoms with Crippen LogP contribution < -0.4 is 5.32 Å². The number of H-pyrrole nitrogens is 1. The second-order valence-corrected chi connectivity index (χ2v) is 4.65. The highest BCUT2D eigenvalue weighted by atomic mass is 16.5. The summed E-state index contributed by atoms with van der Waals surface area (Å²) in [7, 11) is 0. The zero-order valence-electron chi connectivity index (χ0n) is 10.3. The van der Waals surface area contributed by atoms with Crippen molar-refractivity contribution in [1.82, 2.24) is 10.3 Å². The molecule has 0 saturated carbocycles. The van der Waals surface area contributed by atoms with Crippen LogP contribution >= 0.6 is 0 Å². The van der Waals surface area contributed by atoms with Gasteiger partial charge in [-0.05, 0) is 18.6 Å². The van der Waals surface area contributed by atoms with E-state index in [2.05, 4.69) is 10.3 Å². The molecule has 98 valence electrons. The third-order valence-electron chi connectivity index (χ3n) is 3.31. The zero-order chi connectivity index (χ0) is 13.2. The van der Waals surface area contributed by atoms with Crippen LogP contribution in [0.2, 0.25) is 0 Å². The third-order valence-corrected chi connectivity index (χ3v) is 3.31. The standard InChI is InChI=1S/C14H14N2O3/c17-12-5-4-10(16-12)8-19-14(18)11-3-1-2-9-6-7-15-13(9)11/h1-3,6-7,10,15H,4-5,8H2,(H,16,17). The highest BCUT2D eigenvalue weighted by Crippen LogP contribution is 2.18. The highest BCUT2D eigenvalue weighted by Gasteiger charge is 2.22. The number of aromatic nitrogens is 1. The topological polar surface area (TPSA) is 71.2 Å². The molecule has 1 fully saturated rings. The predicted molar refractivity (Wildman–Crippen MR) is 69.7 cm³/mol. The number of ether oxygens (including phenoxy) is 1. The molecule has 2 heterocycles. The van der Waals surface area contributed by atoms with Gasteiger partial charge in [-0.2, -0.15) is 0 Å². The maximum atomic E-state index is 12.0. The van der Waals surface area contributed by atoms with Gasteiger partial charge in [0.15, 0.2) is 0 Å². The average Bonchev–Trinajstić information content (AvgIpc) is 3.03. The van der Waals surface area contributed by atoms with Crippen LogP contribution in [0.15, 0.2) is 30.5 Å². The summed E-state index contributed by atoms with van der Waals surface area (Å²) < 4.78 is 5.26. The van der Waals surface area contributed by atoms with E-state index in [9.17, 15) is 9.59 Å². The summed E-state index contributed by atoms with van der Waals surface area (Å²) in [6, 6.07) is 7.33. The van der Waals surface area contributed by atoms with E-state index in [1.807, 2.05) is 18.2 Å². The molecule has 0 aliphatic carbocycles. The number of aromatic amines is 1. The Kier molecular flexibility index (Phi) is 2.95. The predicted octanol–water partition coefficient (Wildman–Crippen LogP) is 1.60. The maximum absolute atomic E-state index is 12.0. The summed E-state index contributed by atoms with van der Waals surface area (Å²) in [5, 5.41) is 3.74. The smallest absolute Gasteiger partial charge is 0.340 e. The van der Waals surface area contributed by atoms with Crippen molar-refractivity contribution >= 4 is 22.8 Å². The monoisotopic (exact) mass is 258 g/mol. The fourth-order valence-electron chi connectivity index (χ4n) is 2.31. The Bertz CT molecular complexity index is 632. The molecule has 1 aliphatic heterocycles. The first-order chi connectivity index (χ1) is 9.24. The van der Waals surface area contributed by atoms with Crippen LogP contribution in [0.3, 0.4) is 0 Å². The van der Waals surface area contributed by atoms with Gasteiger partial charge < -0.3 is 15.0 Å². The molecule has 1 aromatic carbocycles. The SMILES string of the molecule is O=C1CCC(COC(=O)c2cccc3cc[nH]c23)N1. The van der Waals surface area contributed by atoms with Crippen molar-refractivity contribution in [3.8, 4) is 0 Å². The lowest BCUT2D eigenvalue weighted by atomic mass is 10.1. The van der Waals surface area contributed by atoms with Crippen LogP contribution in [0.4, 0.5) is 0 Å². The van der Waals surface area contributed by atoms with Crippen molar-refractivity contribution < 1.29 is 14.3 Å². The minimum atomic E-state index is -0.366. The van der Waals surface area contributed by atoms with Gasteiger partial charge in [-0.25, -0.2) is 4.79 Å². The van der Waals surface area contributed by atoms with Gasteiger partial charge in [-0.3, -0.25) is 4.79 Å². The molecule has 5 nitrogen and oxygen atoms in total. The molecule has 1 aliphatic rings. The number of fused-ring (bicyclic) bond motifs is 1. The van der Waals surface area contributed by atoms with Gasteiger partial charge in [-0.1, -0.05) is 12.1 Å². The van der Waals surface area contributed by atoms with E-state index in [0.29, 0.717) is 12.0 Å². The molecule has 0 bridgehead atoms. The molecule has 0 spiro atoms. The molecular weight excluding hydrogens is 244 g/mol. The van der Waals surface area contributed by atoms with E-state index in [4.69, 9.17) is 4.74 Å². The van der Waals surface area contributed by atoms with Gasteiger partial charge in [-0.15, -0.1) is 0 Å². The van der Waals surface area contributed by atoms with Crippen molar-refractivity contribution in [1.29, 1.82) is 0 Å². The lowest BCUT2D eigenvalue weighted by molar-refractivity contribution is -0.119. The maximum Gasteiger partial charge on any atom is 0.340 e. The number of esters is 1. The molecule has 19 heavy (non-hydrogen) atoms. The van der Waals surface area contributed by atoms with E-state index in [1.165, 1.54) is 0 Å². The van der Waals surface area contributed by atoms with Gasteiger partial charge in [0.1, 0.15) is 6.61 Å². The van der Waals surface area contributed by atoms with Crippen molar-refractivity contribution in [2.24, 2.45) is 0 Å². The minimum Gasteiger partial charge on any atom is -0.460 e. The fraction of sp³-hybridized carbons (Fsp3) is 0.286. The molecule has 1 amide bonds. The molecule has 1 atom stereocenters. The Hall–Kier alpha value is -2.30. The molecule has 0 radical (unpaired) electrons. The molecule has 2 N–H and O–H groups in total. The Labute approximate surface area is 109 Å². The lowest BCUT2D eigenvalue weighted by Crippen LogP contribution is -2.30. The molecule has 1 saturated heterocycles. The van der Waals surface area contributed by atoms with E-state index in [0.717, 1.165) is 17.3 Å². The van der Waals surface area contributed by atoms with Crippen LogP contribution in [-0.2, 0) is 9.53 Å². The summed E-state index contributed by atoms with van der Waals surface area (Å²) in [5.74, 6) is -0.346. The van der Waals surface area contributed by atoms with E-state index >= 15 is 0 Å². The first-order valence-corrected chi connectivity index (χ1v) is 6.26. The van der Waals surface area contributed by atoms with Gasteiger partial charge in [0.05, 0.1) is 17.1 Å². The second kappa shape index (κ2) is 4.76. The summed E-state index contributed by atoms with van der Waals surface area (Å²) >= 11 is 0. The number of amides is 1. The van der Waals surface area contributed by atoms with Gasteiger partial charge in [0.2, 0.25) is 5.91 Å². The number of benzene rings is 1. The van der Waals surface area contributed by atoms with E-state index < -0.39 is 0 Å². The second-order valence-electron chi connectivity index (χ2n) is 4.65. The van der Waals surface area contributed by atoms with Crippen molar-refractivity contribution in [2.75, 3.05) is 6.61 Å². The summed E-state index contributed by atoms with van der Waals surface area (Å²) in [4.78, 5) is 26.1. The largest absolute Gasteiger partial charge is 0.460 e. The highest BCUT2D eigenvalue weighted by molar-refractivity contribution is 6.02. The van der Waals surface area contributed by atoms with Crippen molar-refractivity contribution in [2.45, 2.75) is 18.9 Å². The van der Waals surface area contributed by atoms with Crippen LogP contribution in [-0.4, -0.2) is 29.5 Å². The number of para-hydroxylation sites is 1. The number of hydrogen-bond acceptors (Lipinski definition) is 3. The molecule has 3 rings (SSSR count). The average molecular weight is 258 g/mol. The van der Waals surface area contributed by atoms with Gasteiger partial charge >= 0.3 is 5.97 Å². The normalized spacial score (nSPS) is 18.5. The Morgan fingerprint density at radius 1 is 1.37 bits per heavy atom. The summed E-state index contributed by atoms with van der Waals surface area (Å²) in [6.07, 6.45) is 3.02. The quantitative estimate of drug-likeness (QED) is 0.821. The number of rotatable bonds is 3. The van der Waals surface area contributed by atoms with E-state index in [-0.39, 0.29) is 24.5 Å². The first kappa shape index (κ1) is 11.8. The van der Waals surface area contributed by atoms with Crippen LogP contribution in [0.1, 0.15) is 23.2 Å². The molecule has 1 unspecified atom stereocenters. The van der Waals surface area contributed by atoms with Crippen LogP contribution in [0, 0.1) is 0 Å². The van der Waals surface area contributed by atoms with Crippen molar-refractivity contribution in [3.05, 3.63) is 36.0 Å². The number of hydrogen-bond donors (Lipinski definition) is 2. The van der Waals surface area contributed by atoms with Gasteiger partial charge in [0.25, 0.3) is 0 Å². The lowest BCUT2D eigenvalue weighted by Gasteiger charge is -2.11. The third kappa shape index (κ3) is 2.31. The van der Waals surface area contributed by atoms with Crippen molar-refractivity contribution in [3.63, 3.8) is 0 Å². The first-order valence-electron chi connectivity index (χ1n) is 6.26. The molecule has 1 aromatic heterocycles. The Morgan fingerprint density at radius 2 is 2.26 bits per heavy atom. The molecule has 5 heteroatoms. The minimum absolute atomic E-state index is 0.0209. The zero-order valence-corrected chi connectivity index (χ0v) is 10.3. The number of carbonyl (C=O) groups excluding carboxylic acids is 2. The Morgan fingerprint density at radius 3 is 3.05 bits per heavy atom. The van der Waals surface area contributed by atoms with E-state index in [1.54, 1.807) is 12.3 Å². The van der Waals surface area contributed by atoms with Crippen LogP contribution in [0.25, 0.3) is 10.9 Å². The number of nitrogens with one attached hydrogen (secondary N) is 2. The molecule has 2 aromatic rings. The van der Waals surface area contributed by atoms with Gasteiger partial charge in [0, 0.05) is 18.0 Å². The van der Waals surface area contributed by atoms with Crippen LogP contribution in [0.5, 0.6) is 0 Å².